The number of hydrogen-bond acceptors (Lipinski definition) is 2. The molecule has 0 amide bonds. The monoisotopic (exact) mass is 190 g/mol. The zero-order valence-corrected chi connectivity index (χ0v) is 9.41. The highest BCUT2D eigenvalue weighted by atomic mass is 14.9. The summed E-state index contributed by atoms with van der Waals surface area (Å²) in [5, 5.41) is 0. The van der Waals surface area contributed by atoms with Crippen LogP contribution in [0, 0.1) is 0 Å². The fourth-order valence-corrected chi connectivity index (χ4v) is 0.986. The van der Waals surface area contributed by atoms with Gasteiger partial charge in [-0.3, -0.25) is 0 Å². The summed E-state index contributed by atoms with van der Waals surface area (Å²) in [6, 6.07) is 3.89. The number of hydrogen-bond donors (Lipinski definition) is 0. The SMILES string of the molecule is C=Nc1ncccc1/C(C)=C\C.CC. The molecule has 0 spiro atoms. The van der Waals surface area contributed by atoms with Gasteiger partial charge in [-0.25, -0.2) is 9.98 Å². The highest BCUT2D eigenvalue weighted by Crippen LogP contribution is 2.22. The van der Waals surface area contributed by atoms with Gasteiger partial charge < -0.3 is 0 Å². The molecule has 0 saturated carbocycles. The molecule has 0 bridgehead atoms. The fourth-order valence-electron chi connectivity index (χ4n) is 0.986. The average molecular weight is 190 g/mol. The minimum atomic E-state index is 0.702. The Morgan fingerprint density at radius 1 is 1.50 bits per heavy atom. The Labute approximate surface area is 86.4 Å². The van der Waals surface area contributed by atoms with E-state index in [-0.39, 0.29) is 0 Å². The molecule has 1 aromatic rings. The van der Waals surface area contributed by atoms with Crippen molar-refractivity contribution in [3.63, 3.8) is 0 Å². The van der Waals surface area contributed by atoms with Crippen LogP contribution in [0.25, 0.3) is 5.57 Å². The van der Waals surface area contributed by atoms with Crippen molar-refractivity contribution in [1.29, 1.82) is 0 Å². The number of nitrogens with zero attached hydrogens (tertiary/aromatic N) is 2. The second-order valence-electron chi connectivity index (χ2n) is 2.50. The van der Waals surface area contributed by atoms with Gasteiger partial charge in [-0.1, -0.05) is 19.9 Å². The van der Waals surface area contributed by atoms with E-state index in [1.54, 1.807) is 6.20 Å². The second-order valence-corrected chi connectivity index (χ2v) is 2.50. The lowest BCUT2D eigenvalue weighted by molar-refractivity contribution is 1.26. The third-order valence-corrected chi connectivity index (χ3v) is 1.79. The first-order chi connectivity index (χ1) is 6.79. The van der Waals surface area contributed by atoms with Crippen molar-refractivity contribution < 1.29 is 0 Å². The molecule has 2 heteroatoms. The number of rotatable bonds is 2. The summed E-state index contributed by atoms with van der Waals surface area (Å²) in [6.45, 7) is 11.5. The van der Waals surface area contributed by atoms with E-state index in [0.29, 0.717) is 5.82 Å². The van der Waals surface area contributed by atoms with Gasteiger partial charge in [0.05, 0.1) is 0 Å². The van der Waals surface area contributed by atoms with Gasteiger partial charge in [-0.2, -0.15) is 0 Å². The highest BCUT2D eigenvalue weighted by Gasteiger charge is 2.00. The summed E-state index contributed by atoms with van der Waals surface area (Å²) in [6.07, 6.45) is 3.75. The van der Waals surface area contributed by atoms with Gasteiger partial charge in [0.2, 0.25) is 0 Å². The summed E-state index contributed by atoms with van der Waals surface area (Å²) >= 11 is 0. The maximum Gasteiger partial charge on any atom is 0.158 e. The number of aliphatic imine (C=N–C) groups is 1. The Hall–Kier alpha value is -1.44. The molecule has 76 valence electrons. The molecule has 0 atom stereocenters. The van der Waals surface area contributed by atoms with E-state index in [1.807, 2.05) is 45.9 Å². The third-order valence-electron chi connectivity index (χ3n) is 1.79. The molecule has 0 aliphatic carbocycles. The summed E-state index contributed by atoms with van der Waals surface area (Å²) in [4.78, 5) is 7.93. The van der Waals surface area contributed by atoms with Gasteiger partial charge >= 0.3 is 0 Å². The van der Waals surface area contributed by atoms with Crippen LogP contribution < -0.4 is 0 Å². The van der Waals surface area contributed by atoms with Gasteiger partial charge in [0.25, 0.3) is 0 Å². The van der Waals surface area contributed by atoms with Crippen LogP contribution >= 0.6 is 0 Å². The molecule has 2 nitrogen and oxygen atoms in total. The van der Waals surface area contributed by atoms with Gasteiger partial charge in [-0.05, 0) is 38.3 Å². The van der Waals surface area contributed by atoms with E-state index in [4.69, 9.17) is 0 Å². The third kappa shape index (κ3) is 3.13. The van der Waals surface area contributed by atoms with Gasteiger partial charge in [-0.15, -0.1) is 0 Å². The lowest BCUT2D eigenvalue weighted by Gasteiger charge is -2.02. The summed E-state index contributed by atoms with van der Waals surface area (Å²) in [7, 11) is 0. The Kier molecular flexibility index (Phi) is 6.29. The normalized spacial score (nSPS) is 10.1. The first-order valence-electron chi connectivity index (χ1n) is 4.84. The molecule has 14 heavy (non-hydrogen) atoms. The van der Waals surface area contributed by atoms with Crippen molar-refractivity contribution in [2.45, 2.75) is 27.7 Å². The van der Waals surface area contributed by atoms with Crippen molar-refractivity contribution in [3.05, 3.63) is 30.0 Å². The maximum absolute atomic E-state index is 4.10. The van der Waals surface area contributed by atoms with Gasteiger partial charge in [0, 0.05) is 11.8 Å². The molecule has 1 rings (SSSR count). The maximum atomic E-state index is 4.10. The topological polar surface area (TPSA) is 25.2 Å². The predicted molar refractivity (Wildman–Crippen MR) is 64.1 cm³/mol. The molecule has 0 unspecified atom stereocenters. The van der Waals surface area contributed by atoms with Crippen molar-refractivity contribution in [2.75, 3.05) is 0 Å². The van der Waals surface area contributed by atoms with Crippen LogP contribution in [0.2, 0.25) is 0 Å². The van der Waals surface area contributed by atoms with E-state index < -0.39 is 0 Å². The van der Waals surface area contributed by atoms with E-state index in [1.165, 1.54) is 5.57 Å². The Bertz CT molecular complexity index is 314. The molecule has 1 aromatic heterocycles. The number of aromatic nitrogens is 1. The van der Waals surface area contributed by atoms with Crippen molar-refractivity contribution in [3.8, 4) is 0 Å². The molecule has 0 saturated heterocycles. The van der Waals surface area contributed by atoms with E-state index in [9.17, 15) is 0 Å². The highest BCUT2D eigenvalue weighted by molar-refractivity contribution is 5.71. The molecular weight excluding hydrogens is 172 g/mol. The fraction of sp³-hybridized carbons (Fsp3) is 0.333. The molecule has 0 aliphatic heterocycles. The van der Waals surface area contributed by atoms with Crippen LogP contribution in [0.5, 0.6) is 0 Å². The van der Waals surface area contributed by atoms with Gasteiger partial charge in [0.15, 0.2) is 5.82 Å². The number of allylic oxidation sites excluding steroid dienone is 2. The lowest BCUT2D eigenvalue weighted by atomic mass is 10.1. The molecule has 1 heterocycles. The molecule has 0 radical (unpaired) electrons. The van der Waals surface area contributed by atoms with E-state index >= 15 is 0 Å². The second kappa shape index (κ2) is 7.01. The van der Waals surface area contributed by atoms with E-state index in [2.05, 4.69) is 16.7 Å². The van der Waals surface area contributed by atoms with Crippen molar-refractivity contribution in [1.82, 2.24) is 4.98 Å². The van der Waals surface area contributed by atoms with Crippen LogP contribution in [-0.2, 0) is 0 Å². The largest absolute Gasteiger partial charge is 0.245 e. The zero-order valence-electron chi connectivity index (χ0n) is 9.41. The smallest absolute Gasteiger partial charge is 0.158 e. The standard InChI is InChI=1S/C10H12N2.C2H6/c1-4-8(2)9-6-5-7-12-10(9)11-3;1-2/h4-7H,3H2,1-2H3;1-2H3/b8-4-;. The minimum Gasteiger partial charge on any atom is -0.245 e. The Balaban J connectivity index is 0.000000791. The molecule has 0 aliphatic rings. The Morgan fingerprint density at radius 2 is 2.14 bits per heavy atom. The quantitative estimate of drug-likeness (QED) is 0.650. The van der Waals surface area contributed by atoms with Crippen molar-refractivity contribution in [2.24, 2.45) is 4.99 Å². The zero-order chi connectivity index (χ0) is 11.0. The first-order valence-corrected chi connectivity index (χ1v) is 4.84. The number of pyridine rings is 1. The van der Waals surface area contributed by atoms with E-state index in [0.717, 1.165) is 5.56 Å². The lowest BCUT2D eigenvalue weighted by Crippen LogP contribution is -1.82. The summed E-state index contributed by atoms with van der Waals surface area (Å²) in [5.74, 6) is 0.702. The van der Waals surface area contributed by atoms with Crippen LogP contribution in [-0.4, -0.2) is 11.7 Å². The predicted octanol–water partition coefficient (Wildman–Crippen LogP) is 3.86. The molecule has 0 aromatic carbocycles. The molecular formula is C12H18N2. The van der Waals surface area contributed by atoms with Crippen molar-refractivity contribution >= 4 is 18.1 Å². The average Bonchev–Trinajstić information content (AvgIpc) is 2.30. The Morgan fingerprint density at radius 3 is 2.64 bits per heavy atom. The van der Waals surface area contributed by atoms with Crippen LogP contribution in [0.15, 0.2) is 29.4 Å². The first kappa shape index (κ1) is 12.6. The van der Waals surface area contributed by atoms with Crippen LogP contribution in [0.4, 0.5) is 5.82 Å². The molecule has 0 N–H and O–H groups in total. The van der Waals surface area contributed by atoms with Gasteiger partial charge in [0.1, 0.15) is 0 Å². The molecule has 0 fully saturated rings. The van der Waals surface area contributed by atoms with Crippen LogP contribution in [0.1, 0.15) is 33.3 Å². The minimum absolute atomic E-state index is 0.702. The summed E-state index contributed by atoms with van der Waals surface area (Å²) in [5.41, 5.74) is 2.22. The van der Waals surface area contributed by atoms with Crippen LogP contribution in [0.3, 0.4) is 0 Å². The summed E-state index contributed by atoms with van der Waals surface area (Å²) < 4.78 is 0.